The van der Waals surface area contributed by atoms with Gasteiger partial charge in [-0.25, -0.2) is 0 Å². The largest absolute Gasteiger partial charge is 0.0683 e. The van der Waals surface area contributed by atoms with Crippen LogP contribution in [0.25, 0.3) is 0 Å². The van der Waals surface area contributed by atoms with E-state index in [1.54, 1.807) is 0 Å². The van der Waals surface area contributed by atoms with Crippen molar-refractivity contribution in [1.29, 1.82) is 0 Å². The van der Waals surface area contributed by atoms with Crippen LogP contribution in [0.3, 0.4) is 0 Å². The molecule has 0 saturated heterocycles. The second-order valence-corrected chi connectivity index (χ2v) is 7.00. The molecule has 0 N–H and O–H groups in total. The van der Waals surface area contributed by atoms with Gasteiger partial charge in [0.2, 0.25) is 0 Å². The second kappa shape index (κ2) is 104. The molecule has 0 aromatic rings. The highest BCUT2D eigenvalue weighted by molar-refractivity contribution is 4.47. The minimum Gasteiger partial charge on any atom is -0.0683 e. The molecule has 29 heavy (non-hydrogen) atoms. The van der Waals surface area contributed by atoms with E-state index in [1.165, 1.54) is 51.4 Å². The zero-order valence-electron chi connectivity index (χ0n) is 26.2. The molecule has 0 heteroatoms. The zero-order valence-corrected chi connectivity index (χ0v) is 26.2. The van der Waals surface area contributed by atoms with Crippen molar-refractivity contribution in [3.05, 3.63) is 0 Å². The molecule has 0 atom stereocenters. The summed E-state index contributed by atoms with van der Waals surface area (Å²) in [6, 6.07) is 0. The van der Waals surface area contributed by atoms with Crippen LogP contribution in [0.2, 0.25) is 0 Å². The number of unbranched alkanes of at least 4 members (excludes halogenated alkanes) is 4. The van der Waals surface area contributed by atoms with Gasteiger partial charge in [-0.2, -0.15) is 0 Å². The first-order valence-electron chi connectivity index (χ1n) is 13.7. The van der Waals surface area contributed by atoms with E-state index in [0.29, 0.717) is 5.41 Å². The molecule has 0 aliphatic carbocycles. The summed E-state index contributed by atoms with van der Waals surface area (Å²) in [6.07, 6.45) is 10.6. The molecule has 0 aliphatic heterocycles. The van der Waals surface area contributed by atoms with E-state index in [-0.39, 0.29) is 0 Å². The number of hydrogen-bond acceptors (Lipinski definition) is 0. The molecule has 0 fully saturated rings. The molecule has 0 aliphatic rings. The van der Waals surface area contributed by atoms with Crippen molar-refractivity contribution < 1.29 is 0 Å². The van der Waals surface area contributed by atoms with Gasteiger partial charge in [0.05, 0.1) is 0 Å². The Hall–Kier alpha value is 0. The lowest BCUT2D eigenvalue weighted by Crippen LogP contribution is -1.93. The van der Waals surface area contributed by atoms with Crippen molar-refractivity contribution in [2.75, 3.05) is 0 Å². The maximum atomic E-state index is 2.19. The Morgan fingerprint density at radius 1 is 0.276 bits per heavy atom. The fraction of sp³-hybridized carbons (Fsp3) is 1.00. The summed E-state index contributed by atoms with van der Waals surface area (Å²) in [5, 5.41) is 0. The van der Waals surface area contributed by atoms with Gasteiger partial charge in [0, 0.05) is 0 Å². The maximum Gasteiger partial charge on any atom is -0.0411 e. The Labute approximate surface area is 195 Å². The summed E-state index contributed by atoms with van der Waals surface area (Å²) < 4.78 is 0. The molecule has 0 unspecified atom stereocenters. The van der Waals surface area contributed by atoms with Gasteiger partial charge in [-0.1, -0.05) is 190 Å². The van der Waals surface area contributed by atoms with E-state index in [4.69, 9.17) is 0 Å². The first-order chi connectivity index (χ1) is 13.7. The highest BCUT2D eigenvalue weighted by Gasteiger charge is 1.95. The molecule has 0 amide bonds. The summed E-state index contributed by atoms with van der Waals surface area (Å²) in [5.41, 5.74) is 0.500. The summed E-state index contributed by atoms with van der Waals surface area (Å²) in [5.74, 6) is 0. The minimum absolute atomic E-state index is 0.500. The normalized spacial score (nSPS) is 7.03. The van der Waals surface area contributed by atoms with E-state index in [9.17, 15) is 0 Å². The van der Waals surface area contributed by atoms with E-state index in [1.807, 2.05) is 55.4 Å². The molecule has 0 rings (SSSR count). The van der Waals surface area contributed by atoms with Crippen LogP contribution in [0, 0.1) is 5.41 Å². The number of hydrogen-bond donors (Lipinski definition) is 0. The van der Waals surface area contributed by atoms with Gasteiger partial charge >= 0.3 is 0 Å². The van der Waals surface area contributed by atoms with Crippen LogP contribution in [-0.2, 0) is 0 Å². The molecular weight excluding hydrogens is 348 g/mol. The van der Waals surface area contributed by atoms with Crippen LogP contribution in [0.5, 0.6) is 0 Å². The van der Waals surface area contributed by atoms with Gasteiger partial charge in [0.25, 0.3) is 0 Å². The third kappa shape index (κ3) is 1180. The van der Waals surface area contributed by atoms with Gasteiger partial charge in [0.1, 0.15) is 0 Å². The van der Waals surface area contributed by atoms with Gasteiger partial charge in [-0.3, -0.25) is 0 Å². The fourth-order valence-corrected chi connectivity index (χ4v) is 0. The lowest BCUT2D eigenvalue weighted by molar-refractivity contribution is 0.469. The summed E-state index contributed by atoms with van der Waals surface area (Å²) in [6.45, 7) is 42.2. The van der Waals surface area contributed by atoms with Crippen molar-refractivity contribution in [2.24, 2.45) is 5.41 Å². The lowest BCUT2D eigenvalue weighted by atomic mass is 10.0. The first-order valence-corrected chi connectivity index (χ1v) is 13.7. The Balaban J connectivity index is -0.0000000227. The van der Waals surface area contributed by atoms with Gasteiger partial charge in [0.15, 0.2) is 0 Å². The van der Waals surface area contributed by atoms with Crippen molar-refractivity contribution >= 4 is 0 Å². The monoisotopic (exact) mass is 425 g/mol. The molecule has 0 heterocycles. The first kappa shape index (κ1) is 56.8. The van der Waals surface area contributed by atoms with Crippen LogP contribution in [0.4, 0.5) is 0 Å². The number of rotatable bonds is 4. The van der Waals surface area contributed by atoms with Gasteiger partial charge in [-0.15, -0.1) is 0 Å². The predicted molar refractivity (Wildman–Crippen MR) is 153 cm³/mol. The van der Waals surface area contributed by atoms with Crippen LogP contribution >= 0.6 is 0 Å². The van der Waals surface area contributed by atoms with Crippen LogP contribution in [0.1, 0.15) is 190 Å². The van der Waals surface area contributed by atoms with E-state index in [0.717, 1.165) is 0 Å². The molecular formula is C29H76. The smallest absolute Gasteiger partial charge is 0.0411 e. The second-order valence-electron chi connectivity index (χ2n) is 7.00. The van der Waals surface area contributed by atoms with Crippen LogP contribution < -0.4 is 0 Å². The average Bonchev–Trinajstić information content (AvgIpc) is 2.78. The quantitative estimate of drug-likeness (QED) is 0.420. The highest BCUT2D eigenvalue weighted by atomic mass is 14.0. The average molecular weight is 425 g/mol. The van der Waals surface area contributed by atoms with Crippen LogP contribution in [0.15, 0.2) is 0 Å². The molecule has 0 aromatic carbocycles. The predicted octanol–water partition coefficient (Wildman–Crippen LogP) is 13.4. The molecule has 0 spiro atoms. The highest BCUT2D eigenvalue weighted by Crippen LogP contribution is 2.08. The Kier molecular flexibility index (Phi) is 204. The SMILES string of the molecule is CC.CC.CC.CC.CC(C)(C)C.CCCC.CCCC.CCCC.CCCC. The molecule has 0 bridgehead atoms. The standard InChI is InChI=1S/C5H12.4C4H10.4C2H6/c1-5(2,3)4;4*1-3-4-2;4*1-2/h1-4H3;4*3-4H2,1-2H3;4*1-2H3. The van der Waals surface area contributed by atoms with Crippen molar-refractivity contribution in [3.8, 4) is 0 Å². The molecule has 192 valence electrons. The van der Waals surface area contributed by atoms with E-state index >= 15 is 0 Å². The summed E-state index contributed by atoms with van der Waals surface area (Å²) in [4.78, 5) is 0. The topological polar surface area (TPSA) is 0 Å². The minimum atomic E-state index is 0.500. The zero-order chi connectivity index (χ0) is 26.2. The fourth-order valence-electron chi connectivity index (χ4n) is 0. The van der Waals surface area contributed by atoms with Crippen LogP contribution in [-0.4, -0.2) is 0 Å². The summed E-state index contributed by atoms with van der Waals surface area (Å²) in [7, 11) is 0. The third-order valence-corrected chi connectivity index (χ3v) is 2.00. The van der Waals surface area contributed by atoms with Crippen molar-refractivity contribution in [2.45, 2.75) is 190 Å². The Morgan fingerprint density at radius 2 is 0.310 bits per heavy atom. The molecule has 0 saturated carbocycles. The molecule has 0 aromatic heterocycles. The Morgan fingerprint density at radius 3 is 0.310 bits per heavy atom. The van der Waals surface area contributed by atoms with E-state index < -0.39 is 0 Å². The lowest BCUT2D eigenvalue weighted by Gasteiger charge is -2.05. The summed E-state index contributed by atoms with van der Waals surface area (Å²) >= 11 is 0. The third-order valence-electron chi connectivity index (χ3n) is 2.00. The van der Waals surface area contributed by atoms with Crippen molar-refractivity contribution in [3.63, 3.8) is 0 Å². The molecule has 0 nitrogen and oxygen atoms in total. The maximum absolute atomic E-state index is 2.19. The Bertz CT molecular complexity index is 67.1. The van der Waals surface area contributed by atoms with Gasteiger partial charge < -0.3 is 0 Å². The molecule has 0 radical (unpaired) electrons. The van der Waals surface area contributed by atoms with Crippen molar-refractivity contribution in [1.82, 2.24) is 0 Å². The van der Waals surface area contributed by atoms with Gasteiger partial charge in [-0.05, 0) is 5.41 Å². The van der Waals surface area contributed by atoms with E-state index in [2.05, 4.69) is 83.1 Å².